The van der Waals surface area contributed by atoms with Crippen LogP contribution in [0, 0.1) is 0 Å². The Morgan fingerprint density at radius 3 is 1.31 bits per heavy atom. The summed E-state index contributed by atoms with van der Waals surface area (Å²) in [5.74, 6) is 1.75. The van der Waals surface area contributed by atoms with Crippen molar-refractivity contribution in [3.05, 3.63) is 104 Å². The first-order valence-electron chi connectivity index (χ1n) is 17.8. The number of para-hydroxylation sites is 2. The molecule has 0 radical (unpaired) electrons. The molecule has 0 aliphatic carbocycles. The van der Waals surface area contributed by atoms with E-state index in [4.69, 9.17) is 32.7 Å². The van der Waals surface area contributed by atoms with Gasteiger partial charge in [0.2, 0.25) is 0 Å². The van der Waals surface area contributed by atoms with Gasteiger partial charge in [-0.1, -0.05) is 59.6 Å². The number of anilines is 2. The number of benzene rings is 2. The van der Waals surface area contributed by atoms with Gasteiger partial charge in [-0.3, -0.25) is 19.4 Å². The molecule has 51 heavy (non-hydrogen) atoms. The van der Waals surface area contributed by atoms with Gasteiger partial charge in [0.05, 0.1) is 23.8 Å². The lowest BCUT2D eigenvalue weighted by Crippen LogP contribution is -2.48. The predicted molar refractivity (Wildman–Crippen MR) is 202 cm³/mol. The van der Waals surface area contributed by atoms with Gasteiger partial charge in [-0.25, -0.2) is 9.36 Å². The molecular weight excluding hydrogens is 691 g/mol. The van der Waals surface area contributed by atoms with E-state index in [1.807, 2.05) is 60.7 Å². The summed E-state index contributed by atoms with van der Waals surface area (Å²) in [5.41, 5.74) is 0.794. The molecule has 14 heteroatoms. The number of rotatable bonds is 16. The molecule has 0 spiro atoms. The molecular formula is C37H46Cl2N8O4. The molecule has 6 rings (SSSR count). The van der Waals surface area contributed by atoms with E-state index in [0.717, 1.165) is 83.4 Å². The summed E-state index contributed by atoms with van der Waals surface area (Å²) in [7, 11) is 0. The van der Waals surface area contributed by atoms with E-state index >= 15 is 0 Å². The molecule has 0 bridgehead atoms. The third-order valence-corrected chi connectivity index (χ3v) is 10.1. The van der Waals surface area contributed by atoms with Crippen molar-refractivity contribution >= 4 is 34.6 Å². The zero-order chi connectivity index (χ0) is 35.4. The van der Waals surface area contributed by atoms with Gasteiger partial charge in [-0.05, 0) is 43.5 Å². The van der Waals surface area contributed by atoms with Gasteiger partial charge in [0.1, 0.15) is 34.8 Å². The van der Waals surface area contributed by atoms with Crippen molar-refractivity contribution in [3.63, 3.8) is 0 Å². The second kappa shape index (κ2) is 18.4. The first-order chi connectivity index (χ1) is 25.0. The first kappa shape index (κ1) is 36.7. The molecule has 0 N–H and O–H groups in total. The third-order valence-electron chi connectivity index (χ3n) is 9.44. The standard InChI is InChI=1S/C37H46Cl2N8O4/c38-34-32(44-20-16-42(17-21-44)24-26-50-30-10-4-1-5-11-30)28-40-46(36(34)48)14-8-3-9-15-47-37(49)35(39)33(29-41-47)45-22-18-43(19-23-45)25-27-51-31-12-6-2-7-13-31/h1-2,4-7,10-13,28-29H,3,8-9,14-27H2. The highest BCUT2D eigenvalue weighted by molar-refractivity contribution is 6.33. The van der Waals surface area contributed by atoms with Crippen molar-refractivity contribution < 1.29 is 9.47 Å². The van der Waals surface area contributed by atoms with Crippen LogP contribution in [-0.4, -0.2) is 108 Å². The van der Waals surface area contributed by atoms with Crippen molar-refractivity contribution in [2.75, 3.05) is 88.5 Å². The molecule has 2 fully saturated rings. The van der Waals surface area contributed by atoms with E-state index in [9.17, 15) is 9.59 Å². The number of hydrogen-bond acceptors (Lipinski definition) is 10. The van der Waals surface area contributed by atoms with Crippen LogP contribution in [-0.2, 0) is 13.1 Å². The summed E-state index contributed by atoms with van der Waals surface area (Å²) in [6.07, 6.45) is 5.62. The van der Waals surface area contributed by atoms with Crippen LogP contribution >= 0.6 is 23.2 Å². The highest BCUT2D eigenvalue weighted by Gasteiger charge is 2.23. The Morgan fingerprint density at radius 2 is 0.922 bits per heavy atom. The summed E-state index contributed by atoms with van der Waals surface area (Å²) in [4.78, 5) is 35.1. The minimum absolute atomic E-state index is 0.204. The van der Waals surface area contributed by atoms with Crippen molar-refractivity contribution in [2.24, 2.45) is 0 Å². The number of ether oxygens (including phenoxy) is 2. The fourth-order valence-corrected chi connectivity index (χ4v) is 6.95. The van der Waals surface area contributed by atoms with Crippen molar-refractivity contribution in [1.29, 1.82) is 0 Å². The topological polar surface area (TPSA) is 101 Å². The molecule has 0 unspecified atom stereocenters. The molecule has 4 aromatic rings. The van der Waals surface area contributed by atoms with E-state index < -0.39 is 0 Å². The summed E-state index contributed by atoms with van der Waals surface area (Å²) >= 11 is 13.1. The zero-order valence-corrected chi connectivity index (χ0v) is 30.4. The van der Waals surface area contributed by atoms with E-state index in [1.165, 1.54) is 9.36 Å². The lowest BCUT2D eigenvalue weighted by atomic mass is 10.2. The minimum atomic E-state index is -0.283. The smallest absolute Gasteiger partial charge is 0.287 e. The van der Waals surface area contributed by atoms with Crippen LogP contribution < -0.4 is 30.4 Å². The molecule has 4 heterocycles. The second-order valence-electron chi connectivity index (χ2n) is 12.8. The van der Waals surface area contributed by atoms with Gasteiger partial charge < -0.3 is 19.3 Å². The van der Waals surface area contributed by atoms with Gasteiger partial charge in [0.25, 0.3) is 11.1 Å². The quantitative estimate of drug-likeness (QED) is 0.154. The zero-order valence-electron chi connectivity index (χ0n) is 28.9. The molecule has 0 amide bonds. The maximum atomic E-state index is 13.1. The lowest BCUT2D eigenvalue weighted by Gasteiger charge is -2.36. The fraction of sp³-hybridized carbons (Fsp3) is 0.459. The van der Waals surface area contributed by atoms with Crippen LogP contribution in [0.4, 0.5) is 11.4 Å². The number of nitrogens with zero attached hydrogens (tertiary/aromatic N) is 8. The number of aryl methyl sites for hydroxylation is 2. The third kappa shape index (κ3) is 10.0. The summed E-state index contributed by atoms with van der Waals surface area (Å²) < 4.78 is 14.5. The maximum absolute atomic E-state index is 13.1. The van der Waals surface area contributed by atoms with Gasteiger partial charge in [-0.2, -0.15) is 10.2 Å². The van der Waals surface area contributed by atoms with Crippen LogP contribution in [0.5, 0.6) is 11.5 Å². The molecule has 2 aromatic heterocycles. The largest absolute Gasteiger partial charge is 0.492 e. The van der Waals surface area contributed by atoms with Crippen LogP contribution in [0.1, 0.15) is 19.3 Å². The Bertz CT molecular complexity index is 1660. The molecule has 2 aliphatic heterocycles. The van der Waals surface area contributed by atoms with Crippen molar-refractivity contribution in [3.8, 4) is 11.5 Å². The van der Waals surface area contributed by atoms with Crippen molar-refractivity contribution in [2.45, 2.75) is 32.4 Å². The molecule has 2 saturated heterocycles. The van der Waals surface area contributed by atoms with E-state index in [1.54, 1.807) is 12.4 Å². The van der Waals surface area contributed by atoms with Gasteiger partial charge in [-0.15, -0.1) is 0 Å². The Morgan fingerprint density at radius 1 is 0.529 bits per heavy atom. The molecule has 12 nitrogen and oxygen atoms in total. The fourth-order valence-electron chi connectivity index (χ4n) is 6.42. The molecule has 272 valence electrons. The normalized spacial score (nSPS) is 15.6. The first-order valence-corrected chi connectivity index (χ1v) is 18.5. The second-order valence-corrected chi connectivity index (χ2v) is 13.5. The average Bonchev–Trinajstić information content (AvgIpc) is 3.16. The lowest BCUT2D eigenvalue weighted by molar-refractivity contribution is 0.200. The Labute approximate surface area is 308 Å². The minimum Gasteiger partial charge on any atom is -0.492 e. The molecule has 2 aliphatic rings. The van der Waals surface area contributed by atoms with Crippen LogP contribution in [0.15, 0.2) is 82.6 Å². The number of halogens is 2. The SMILES string of the molecule is O=c1c(Cl)c(N2CCN(CCOc3ccccc3)CC2)cnn1CCCCCn1ncc(N2CCN(CCOc3ccccc3)CC2)c(Cl)c1=O. The number of unbranched alkanes of at least 4 members (excludes halogenated alkanes) is 2. The summed E-state index contributed by atoms with van der Waals surface area (Å²) in [6.45, 7) is 10.3. The molecule has 0 atom stereocenters. The van der Waals surface area contributed by atoms with E-state index in [2.05, 4.69) is 29.8 Å². The summed E-state index contributed by atoms with van der Waals surface area (Å²) in [5, 5.41) is 9.27. The van der Waals surface area contributed by atoms with E-state index in [-0.39, 0.29) is 21.2 Å². The van der Waals surface area contributed by atoms with Gasteiger partial charge >= 0.3 is 0 Å². The number of aromatic nitrogens is 4. The Hall–Kier alpha value is -4.10. The van der Waals surface area contributed by atoms with Crippen LogP contribution in [0.25, 0.3) is 0 Å². The van der Waals surface area contributed by atoms with E-state index in [0.29, 0.717) is 50.5 Å². The monoisotopic (exact) mass is 736 g/mol. The highest BCUT2D eigenvalue weighted by atomic mass is 35.5. The maximum Gasteiger partial charge on any atom is 0.287 e. The van der Waals surface area contributed by atoms with Crippen molar-refractivity contribution in [1.82, 2.24) is 29.4 Å². The van der Waals surface area contributed by atoms with Crippen LogP contribution in [0.3, 0.4) is 0 Å². The van der Waals surface area contributed by atoms with Gasteiger partial charge in [0, 0.05) is 78.5 Å². The van der Waals surface area contributed by atoms with Crippen LogP contribution in [0.2, 0.25) is 10.0 Å². The Kier molecular flexibility index (Phi) is 13.2. The number of hydrogen-bond donors (Lipinski definition) is 0. The predicted octanol–water partition coefficient (Wildman–Crippen LogP) is 4.38. The average molecular weight is 738 g/mol. The molecule has 2 aromatic carbocycles. The summed E-state index contributed by atoms with van der Waals surface area (Å²) in [6, 6.07) is 19.6. The highest BCUT2D eigenvalue weighted by Crippen LogP contribution is 2.24. The molecule has 0 saturated carbocycles. The Balaban J connectivity index is 0.893. The number of piperazine rings is 2. The van der Waals surface area contributed by atoms with Gasteiger partial charge in [0.15, 0.2) is 0 Å².